The van der Waals surface area contributed by atoms with Gasteiger partial charge in [-0.2, -0.15) is 0 Å². The maximum Gasteiger partial charge on any atom is 0.322 e. The third-order valence-electron chi connectivity index (χ3n) is 3.02. The van der Waals surface area contributed by atoms with E-state index in [1.165, 1.54) is 5.56 Å². The summed E-state index contributed by atoms with van der Waals surface area (Å²) in [6.45, 7) is 5.99. The first-order chi connectivity index (χ1) is 9.47. The van der Waals surface area contributed by atoms with Crippen LogP contribution in [-0.4, -0.2) is 27.8 Å². The average molecular weight is 271 g/mol. The van der Waals surface area contributed by atoms with Gasteiger partial charge in [0, 0.05) is 5.56 Å². The summed E-state index contributed by atoms with van der Waals surface area (Å²) in [5.74, 6) is -0.473. The van der Waals surface area contributed by atoms with Crippen molar-refractivity contribution in [1.82, 2.24) is 10.2 Å². The largest absolute Gasteiger partial charge is 0.480 e. The van der Waals surface area contributed by atoms with Gasteiger partial charge in [-0.25, -0.2) is 0 Å². The van der Waals surface area contributed by atoms with Gasteiger partial charge in [0.15, 0.2) is 0 Å². The number of nitrogens with one attached hydrogen (secondary N) is 1. The topological polar surface area (TPSA) is 75.1 Å². The first-order valence-corrected chi connectivity index (χ1v) is 6.35. The number of aliphatic carboxylic acids is 1. The summed E-state index contributed by atoms with van der Waals surface area (Å²) in [6.07, 6.45) is 0. The maximum absolute atomic E-state index is 10.5. The second kappa shape index (κ2) is 5.69. The number of rotatable bonds is 4. The molecule has 0 spiro atoms. The molecule has 1 aromatic heterocycles. The van der Waals surface area contributed by atoms with E-state index in [2.05, 4.69) is 34.6 Å². The van der Waals surface area contributed by atoms with Crippen molar-refractivity contribution in [2.75, 3.05) is 11.9 Å². The monoisotopic (exact) mass is 271 g/mol. The summed E-state index contributed by atoms with van der Waals surface area (Å²) >= 11 is 0. The molecule has 0 atom stereocenters. The number of aromatic nitrogens is 2. The lowest BCUT2D eigenvalue weighted by molar-refractivity contribution is -0.134. The van der Waals surface area contributed by atoms with E-state index in [1.807, 2.05) is 19.9 Å². The Morgan fingerprint density at radius 1 is 1.15 bits per heavy atom. The molecule has 2 N–H and O–H groups in total. The van der Waals surface area contributed by atoms with Crippen molar-refractivity contribution in [1.29, 1.82) is 0 Å². The van der Waals surface area contributed by atoms with Crippen LogP contribution in [0.4, 0.5) is 5.82 Å². The summed E-state index contributed by atoms with van der Waals surface area (Å²) in [5.41, 5.74) is 5.40. The maximum atomic E-state index is 10.5. The van der Waals surface area contributed by atoms with Gasteiger partial charge in [0.25, 0.3) is 0 Å². The van der Waals surface area contributed by atoms with Crippen LogP contribution in [0.15, 0.2) is 24.3 Å². The van der Waals surface area contributed by atoms with Crippen molar-refractivity contribution in [3.8, 4) is 11.3 Å². The van der Waals surface area contributed by atoms with E-state index in [0.717, 1.165) is 22.4 Å². The number of carboxylic acids is 1. The van der Waals surface area contributed by atoms with Crippen molar-refractivity contribution in [2.24, 2.45) is 0 Å². The van der Waals surface area contributed by atoms with Crippen molar-refractivity contribution in [2.45, 2.75) is 20.8 Å². The standard InChI is InChI=1S/C15H17N3O2/c1-9-6-10(2)15(11(3)7-9)12-4-5-13(18-17-12)16-8-14(19)20/h4-7H,8H2,1-3H3,(H,16,18)(H,19,20). The zero-order valence-corrected chi connectivity index (χ0v) is 11.8. The number of carbonyl (C=O) groups is 1. The van der Waals surface area contributed by atoms with Crippen LogP contribution in [-0.2, 0) is 4.79 Å². The van der Waals surface area contributed by atoms with E-state index in [0.29, 0.717) is 5.82 Å². The van der Waals surface area contributed by atoms with Gasteiger partial charge in [-0.1, -0.05) is 17.7 Å². The fourth-order valence-electron chi connectivity index (χ4n) is 2.31. The first-order valence-electron chi connectivity index (χ1n) is 6.35. The molecule has 0 radical (unpaired) electrons. The Bertz CT molecular complexity index is 613. The van der Waals surface area contributed by atoms with Gasteiger partial charge < -0.3 is 10.4 Å². The summed E-state index contributed by atoms with van der Waals surface area (Å²) < 4.78 is 0. The minimum atomic E-state index is -0.930. The van der Waals surface area contributed by atoms with Gasteiger partial charge in [0.2, 0.25) is 0 Å². The van der Waals surface area contributed by atoms with Gasteiger partial charge in [-0.15, -0.1) is 10.2 Å². The van der Waals surface area contributed by atoms with E-state index < -0.39 is 5.97 Å². The minimum absolute atomic E-state index is 0.170. The molecule has 20 heavy (non-hydrogen) atoms. The fraction of sp³-hybridized carbons (Fsp3) is 0.267. The summed E-state index contributed by atoms with van der Waals surface area (Å²) in [5, 5.41) is 19.5. The summed E-state index contributed by atoms with van der Waals surface area (Å²) in [7, 11) is 0. The molecule has 0 amide bonds. The molecule has 1 aromatic carbocycles. The highest BCUT2D eigenvalue weighted by atomic mass is 16.4. The number of benzene rings is 1. The zero-order valence-electron chi connectivity index (χ0n) is 11.8. The van der Waals surface area contributed by atoms with Crippen molar-refractivity contribution >= 4 is 11.8 Å². The number of carboxylic acid groups (broad SMARTS) is 1. The molecule has 2 aromatic rings. The second-order valence-electron chi connectivity index (χ2n) is 4.82. The van der Waals surface area contributed by atoms with E-state index >= 15 is 0 Å². The van der Waals surface area contributed by atoms with Crippen LogP contribution in [0.3, 0.4) is 0 Å². The van der Waals surface area contributed by atoms with Crippen LogP contribution >= 0.6 is 0 Å². The van der Waals surface area contributed by atoms with Crippen LogP contribution in [0.5, 0.6) is 0 Å². The Hall–Kier alpha value is -2.43. The average Bonchev–Trinajstić information content (AvgIpc) is 2.36. The predicted molar refractivity (Wildman–Crippen MR) is 77.8 cm³/mol. The number of aryl methyl sites for hydroxylation is 3. The zero-order chi connectivity index (χ0) is 14.7. The summed E-state index contributed by atoms with van der Waals surface area (Å²) in [4.78, 5) is 10.5. The molecule has 0 aliphatic rings. The Labute approximate surface area is 117 Å². The normalized spacial score (nSPS) is 10.3. The molecular formula is C15H17N3O2. The molecule has 0 bridgehead atoms. The number of hydrogen-bond acceptors (Lipinski definition) is 4. The van der Waals surface area contributed by atoms with Crippen LogP contribution in [0.2, 0.25) is 0 Å². The molecule has 104 valence electrons. The highest BCUT2D eigenvalue weighted by Gasteiger charge is 2.09. The van der Waals surface area contributed by atoms with Crippen LogP contribution in [0.25, 0.3) is 11.3 Å². The van der Waals surface area contributed by atoms with Gasteiger partial charge in [0.1, 0.15) is 12.4 Å². The Balaban J connectivity index is 2.28. The first kappa shape index (κ1) is 14.0. The number of anilines is 1. The Morgan fingerprint density at radius 3 is 2.30 bits per heavy atom. The number of hydrogen-bond donors (Lipinski definition) is 2. The van der Waals surface area contributed by atoms with Crippen molar-refractivity contribution in [3.63, 3.8) is 0 Å². The van der Waals surface area contributed by atoms with Gasteiger partial charge >= 0.3 is 5.97 Å². The van der Waals surface area contributed by atoms with E-state index in [9.17, 15) is 4.79 Å². The van der Waals surface area contributed by atoms with Gasteiger partial charge in [0.05, 0.1) is 5.69 Å². The SMILES string of the molecule is Cc1cc(C)c(-c2ccc(NCC(=O)O)nn2)c(C)c1. The van der Waals surface area contributed by atoms with E-state index in [1.54, 1.807) is 6.07 Å². The molecule has 5 heteroatoms. The minimum Gasteiger partial charge on any atom is -0.480 e. The molecule has 0 saturated heterocycles. The lowest BCUT2D eigenvalue weighted by atomic mass is 9.97. The van der Waals surface area contributed by atoms with Crippen LogP contribution in [0.1, 0.15) is 16.7 Å². The smallest absolute Gasteiger partial charge is 0.322 e. The molecule has 0 aliphatic carbocycles. The molecule has 1 heterocycles. The van der Waals surface area contributed by atoms with Gasteiger partial charge in [-0.05, 0) is 44.0 Å². The third-order valence-corrected chi connectivity index (χ3v) is 3.02. The fourth-order valence-corrected chi connectivity index (χ4v) is 2.31. The van der Waals surface area contributed by atoms with E-state index in [-0.39, 0.29) is 6.54 Å². The van der Waals surface area contributed by atoms with Crippen molar-refractivity contribution < 1.29 is 9.90 Å². The summed E-state index contributed by atoms with van der Waals surface area (Å²) in [6, 6.07) is 7.81. The third kappa shape index (κ3) is 3.12. The van der Waals surface area contributed by atoms with Crippen LogP contribution < -0.4 is 5.32 Å². The molecule has 5 nitrogen and oxygen atoms in total. The lowest BCUT2D eigenvalue weighted by Gasteiger charge is -2.10. The highest BCUT2D eigenvalue weighted by molar-refractivity contribution is 5.72. The quantitative estimate of drug-likeness (QED) is 0.894. The molecule has 2 rings (SSSR count). The molecule has 0 aliphatic heterocycles. The molecule has 0 saturated carbocycles. The highest BCUT2D eigenvalue weighted by Crippen LogP contribution is 2.26. The predicted octanol–water partition coefficient (Wildman–Crippen LogP) is 2.57. The van der Waals surface area contributed by atoms with Crippen LogP contribution in [0, 0.1) is 20.8 Å². The molecule has 0 fully saturated rings. The number of nitrogens with zero attached hydrogens (tertiary/aromatic N) is 2. The van der Waals surface area contributed by atoms with Crippen molar-refractivity contribution in [3.05, 3.63) is 41.0 Å². The van der Waals surface area contributed by atoms with E-state index in [4.69, 9.17) is 5.11 Å². The Morgan fingerprint density at radius 2 is 1.80 bits per heavy atom. The molecular weight excluding hydrogens is 254 g/mol. The second-order valence-corrected chi connectivity index (χ2v) is 4.82. The van der Waals surface area contributed by atoms with Gasteiger partial charge in [-0.3, -0.25) is 4.79 Å². The Kier molecular flexibility index (Phi) is 3.98. The molecule has 0 unspecified atom stereocenters. The lowest BCUT2D eigenvalue weighted by Crippen LogP contribution is -2.13.